The van der Waals surface area contributed by atoms with Crippen molar-refractivity contribution in [1.82, 2.24) is 0 Å². The Labute approximate surface area is 210 Å². The number of hydrogen-bond acceptors (Lipinski definition) is 3. The molecule has 1 heterocycles. The van der Waals surface area contributed by atoms with Crippen LogP contribution < -0.4 is 9.64 Å². The Hall–Kier alpha value is -0.360. The molecule has 31 heavy (non-hydrogen) atoms. The molecule has 1 aromatic rings. The number of anilines is 1. The van der Waals surface area contributed by atoms with Crippen LogP contribution in [0.3, 0.4) is 0 Å². The van der Waals surface area contributed by atoms with Gasteiger partial charge in [-0.15, -0.1) is 23.2 Å². The molecule has 0 aromatic heterocycles. The maximum absolute atomic E-state index is 13.3. The van der Waals surface area contributed by atoms with Gasteiger partial charge >= 0.3 is 0 Å². The zero-order valence-corrected chi connectivity index (χ0v) is 21.0. The highest BCUT2D eigenvalue weighted by Gasteiger charge is 2.87. The van der Waals surface area contributed by atoms with E-state index in [0.29, 0.717) is 18.0 Å². The number of amides is 2. The maximum atomic E-state index is 13.3. The van der Waals surface area contributed by atoms with Gasteiger partial charge in [-0.3, -0.25) is 9.59 Å². The van der Waals surface area contributed by atoms with Crippen LogP contribution in [0.4, 0.5) is 5.69 Å². The van der Waals surface area contributed by atoms with Crippen LogP contribution in [-0.4, -0.2) is 32.5 Å². The maximum Gasteiger partial charge on any atom is 0.240 e. The third-order valence-corrected chi connectivity index (χ3v) is 10.5. The lowest BCUT2D eigenvalue weighted by Gasteiger charge is -2.34. The lowest BCUT2D eigenvalue weighted by molar-refractivity contribution is -0.123. The molecule has 4 atom stereocenters. The molecule has 1 saturated heterocycles. The smallest absolute Gasteiger partial charge is 0.240 e. The molecule has 2 fully saturated rings. The molecule has 2 aliphatic carbocycles. The second-order valence-electron chi connectivity index (χ2n) is 8.00. The number of allylic oxidation sites excluding steroid dienone is 2. The van der Waals surface area contributed by atoms with E-state index in [0.717, 1.165) is 24.2 Å². The fourth-order valence-corrected chi connectivity index (χ4v) is 7.59. The molecule has 1 aromatic carbocycles. The third-order valence-electron chi connectivity index (χ3n) is 6.27. The number of unbranched alkanes of at least 4 members (excludes halogenated alkanes) is 3. The van der Waals surface area contributed by atoms with Gasteiger partial charge in [0.1, 0.15) is 15.5 Å². The van der Waals surface area contributed by atoms with E-state index in [9.17, 15) is 9.59 Å². The van der Waals surface area contributed by atoms with E-state index in [1.807, 2.05) is 0 Å². The zero-order chi connectivity index (χ0) is 22.8. The van der Waals surface area contributed by atoms with Gasteiger partial charge in [-0.05, 0) is 30.7 Å². The molecule has 2 bridgehead atoms. The lowest BCUT2D eigenvalue weighted by Crippen LogP contribution is -2.50. The Kier molecular flexibility index (Phi) is 6.25. The van der Waals surface area contributed by atoms with Crippen LogP contribution in [0, 0.1) is 11.8 Å². The van der Waals surface area contributed by atoms with Crippen LogP contribution in [0.1, 0.15) is 32.6 Å². The number of ether oxygens (including phenoxy) is 1. The van der Waals surface area contributed by atoms with Crippen LogP contribution in [-0.2, 0) is 9.59 Å². The molecule has 2 amide bonds. The fourth-order valence-electron chi connectivity index (χ4n) is 4.66. The number of fused-ring (bicyclic) bond motifs is 5. The lowest BCUT2D eigenvalue weighted by atomic mass is 9.84. The monoisotopic (exact) mass is 543 g/mol. The van der Waals surface area contributed by atoms with E-state index >= 15 is 0 Å². The Balaban J connectivity index is 1.58. The SMILES string of the molecule is CCCCCCOc1ccc(N2C(=O)[C@H]3[C@H](C2=O)[C@@]2(Cl)C(Cl)=C(Cl)[C@@]3(Cl)C2(Cl)Cl)cc1. The van der Waals surface area contributed by atoms with Crippen molar-refractivity contribution >= 4 is 87.1 Å². The third kappa shape index (κ3) is 3.02. The summed E-state index contributed by atoms with van der Waals surface area (Å²) >= 11 is 39.0. The van der Waals surface area contributed by atoms with E-state index in [1.54, 1.807) is 24.3 Å². The summed E-state index contributed by atoms with van der Waals surface area (Å²) in [7, 11) is 0. The minimum atomic E-state index is -1.93. The van der Waals surface area contributed by atoms with Gasteiger partial charge in [-0.1, -0.05) is 72.6 Å². The Morgan fingerprint density at radius 3 is 1.87 bits per heavy atom. The fraction of sp³-hybridized carbons (Fsp3) is 0.524. The van der Waals surface area contributed by atoms with E-state index in [2.05, 4.69) is 6.92 Å². The second kappa shape index (κ2) is 8.14. The van der Waals surface area contributed by atoms with E-state index in [-0.39, 0.29) is 10.1 Å². The molecule has 4 rings (SSSR count). The Bertz CT molecular complexity index is 918. The molecule has 168 valence electrons. The average molecular weight is 546 g/mol. The van der Waals surface area contributed by atoms with Gasteiger partial charge in [0.15, 0.2) is 4.33 Å². The van der Waals surface area contributed by atoms with Gasteiger partial charge < -0.3 is 4.74 Å². The first-order valence-electron chi connectivity index (χ1n) is 9.97. The van der Waals surface area contributed by atoms with Gasteiger partial charge in [0.2, 0.25) is 11.8 Å². The number of nitrogens with zero attached hydrogens (tertiary/aromatic N) is 1. The molecular formula is C21H19Cl6NO3. The highest BCUT2D eigenvalue weighted by Crippen LogP contribution is 2.77. The summed E-state index contributed by atoms with van der Waals surface area (Å²) in [5.41, 5.74) is 0.365. The summed E-state index contributed by atoms with van der Waals surface area (Å²) in [5.74, 6) is -2.78. The molecule has 0 unspecified atom stereocenters. The Morgan fingerprint density at radius 2 is 1.39 bits per heavy atom. The van der Waals surface area contributed by atoms with Gasteiger partial charge in [0.05, 0.1) is 34.2 Å². The van der Waals surface area contributed by atoms with Crippen molar-refractivity contribution < 1.29 is 14.3 Å². The number of halogens is 6. The van der Waals surface area contributed by atoms with E-state index < -0.39 is 37.7 Å². The molecule has 1 saturated carbocycles. The molecule has 4 nitrogen and oxygen atoms in total. The first-order valence-corrected chi connectivity index (χ1v) is 12.2. The highest BCUT2D eigenvalue weighted by molar-refractivity contribution is 6.67. The first-order chi connectivity index (χ1) is 14.5. The van der Waals surface area contributed by atoms with Crippen LogP contribution in [0.2, 0.25) is 0 Å². The molecule has 0 N–H and O–H groups in total. The second-order valence-corrected chi connectivity index (χ2v) is 11.3. The minimum absolute atomic E-state index is 0.105. The summed E-state index contributed by atoms with van der Waals surface area (Å²) in [5, 5.41) is -0.209. The summed E-state index contributed by atoms with van der Waals surface area (Å²) < 4.78 is 3.79. The number of carbonyl (C=O) groups excluding carboxylic acids is 2. The standard InChI is InChI=1S/C21H19Cl6NO3/c1-2-3-4-5-10-31-12-8-6-11(7-9-12)28-17(29)13-14(18(28)30)20(25)16(23)15(22)19(13,24)21(20,26)27/h6-9,13-14H,2-5,10H2,1H3/t13-,14-,19-,20-/m1/s1. The first kappa shape index (κ1) is 23.8. The topological polar surface area (TPSA) is 46.6 Å². The number of rotatable bonds is 7. The number of benzene rings is 1. The van der Waals surface area contributed by atoms with Crippen molar-refractivity contribution in [3.8, 4) is 5.75 Å². The predicted octanol–water partition coefficient (Wildman–Crippen LogP) is 6.60. The summed E-state index contributed by atoms with van der Waals surface area (Å²) in [6.45, 7) is 2.75. The predicted molar refractivity (Wildman–Crippen MR) is 126 cm³/mol. The molecular weight excluding hydrogens is 527 g/mol. The minimum Gasteiger partial charge on any atom is -0.494 e. The summed E-state index contributed by atoms with van der Waals surface area (Å²) in [4.78, 5) is 24.1. The van der Waals surface area contributed by atoms with Crippen molar-refractivity contribution in [3.63, 3.8) is 0 Å². The van der Waals surface area contributed by atoms with Crippen LogP contribution in [0.5, 0.6) is 5.75 Å². The number of imide groups is 1. The normalized spacial score (nSPS) is 33.5. The van der Waals surface area contributed by atoms with Gasteiger partial charge in [-0.25, -0.2) is 4.90 Å². The van der Waals surface area contributed by atoms with Crippen LogP contribution >= 0.6 is 69.6 Å². The van der Waals surface area contributed by atoms with Crippen LogP contribution in [0.15, 0.2) is 34.3 Å². The number of alkyl halides is 4. The van der Waals surface area contributed by atoms with Gasteiger partial charge in [0, 0.05) is 0 Å². The van der Waals surface area contributed by atoms with Gasteiger partial charge in [0.25, 0.3) is 0 Å². The zero-order valence-electron chi connectivity index (χ0n) is 16.4. The van der Waals surface area contributed by atoms with Crippen molar-refractivity contribution in [2.75, 3.05) is 11.5 Å². The van der Waals surface area contributed by atoms with Crippen molar-refractivity contribution in [1.29, 1.82) is 0 Å². The van der Waals surface area contributed by atoms with E-state index in [4.69, 9.17) is 74.3 Å². The molecule has 0 spiro atoms. The average Bonchev–Trinajstić information content (AvgIpc) is 3.12. The molecule has 0 radical (unpaired) electrons. The highest BCUT2D eigenvalue weighted by atomic mass is 35.5. The number of hydrogen-bond donors (Lipinski definition) is 0. The summed E-state index contributed by atoms with van der Waals surface area (Å²) in [6, 6.07) is 6.67. The molecule has 3 aliphatic rings. The van der Waals surface area contributed by atoms with Crippen molar-refractivity contribution in [3.05, 3.63) is 34.3 Å². The quantitative estimate of drug-likeness (QED) is 0.220. The molecule has 10 heteroatoms. The van der Waals surface area contributed by atoms with Crippen molar-refractivity contribution in [2.45, 2.75) is 46.7 Å². The molecule has 1 aliphatic heterocycles. The van der Waals surface area contributed by atoms with Gasteiger partial charge in [-0.2, -0.15) is 0 Å². The Morgan fingerprint density at radius 1 is 0.871 bits per heavy atom. The van der Waals surface area contributed by atoms with Crippen molar-refractivity contribution in [2.24, 2.45) is 11.8 Å². The number of carbonyl (C=O) groups is 2. The van der Waals surface area contributed by atoms with E-state index in [1.165, 1.54) is 6.42 Å². The van der Waals surface area contributed by atoms with Crippen LogP contribution in [0.25, 0.3) is 0 Å². The largest absolute Gasteiger partial charge is 0.494 e. The summed E-state index contributed by atoms with van der Waals surface area (Å²) in [6.07, 6.45) is 4.39.